The standard InChI is InChI=1S/C13H22N4O/c1-2-14-12-3-4-13(16-11-12)15-5-6-17-7-9-18-10-8-17/h3-4,11,14H,2,5-10H2,1H3,(H,15,16). The van der Waals surface area contributed by atoms with Crippen LogP contribution < -0.4 is 10.6 Å². The molecule has 1 saturated heterocycles. The van der Waals surface area contributed by atoms with Crippen LogP contribution in [0.4, 0.5) is 11.5 Å². The highest BCUT2D eigenvalue weighted by atomic mass is 16.5. The first-order valence-corrected chi connectivity index (χ1v) is 6.62. The number of hydrogen-bond donors (Lipinski definition) is 2. The molecule has 1 fully saturated rings. The Balaban J connectivity index is 1.69. The lowest BCUT2D eigenvalue weighted by atomic mass is 10.4. The molecule has 1 aliphatic rings. The zero-order chi connectivity index (χ0) is 12.6. The Labute approximate surface area is 109 Å². The minimum Gasteiger partial charge on any atom is -0.384 e. The van der Waals surface area contributed by atoms with Gasteiger partial charge in [0.2, 0.25) is 0 Å². The van der Waals surface area contributed by atoms with Gasteiger partial charge in [-0.2, -0.15) is 0 Å². The summed E-state index contributed by atoms with van der Waals surface area (Å²) in [5.41, 5.74) is 1.07. The van der Waals surface area contributed by atoms with E-state index in [1.165, 1.54) is 0 Å². The molecule has 0 bridgehead atoms. The summed E-state index contributed by atoms with van der Waals surface area (Å²) < 4.78 is 5.32. The Bertz CT molecular complexity index is 335. The Hall–Kier alpha value is -1.33. The van der Waals surface area contributed by atoms with Crippen LogP contribution >= 0.6 is 0 Å². The van der Waals surface area contributed by atoms with Crippen molar-refractivity contribution in [3.05, 3.63) is 18.3 Å². The molecule has 5 nitrogen and oxygen atoms in total. The van der Waals surface area contributed by atoms with Crippen molar-refractivity contribution in [2.75, 3.05) is 56.6 Å². The van der Waals surface area contributed by atoms with E-state index >= 15 is 0 Å². The lowest BCUT2D eigenvalue weighted by molar-refractivity contribution is 0.0398. The minimum atomic E-state index is 0.857. The van der Waals surface area contributed by atoms with Gasteiger partial charge in [-0.1, -0.05) is 0 Å². The van der Waals surface area contributed by atoms with Gasteiger partial charge >= 0.3 is 0 Å². The summed E-state index contributed by atoms with van der Waals surface area (Å²) in [7, 11) is 0. The van der Waals surface area contributed by atoms with Gasteiger partial charge in [-0.25, -0.2) is 4.98 Å². The van der Waals surface area contributed by atoms with Crippen molar-refractivity contribution in [1.82, 2.24) is 9.88 Å². The van der Waals surface area contributed by atoms with Crippen LogP contribution in [0.3, 0.4) is 0 Å². The number of rotatable bonds is 6. The summed E-state index contributed by atoms with van der Waals surface area (Å²) in [6, 6.07) is 4.06. The fraction of sp³-hybridized carbons (Fsp3) is 0.615. The lowest BCUT2D eigenvalue weighted by Crippen LogP contribution is -2.39. The lowest BCUT2D eigenvalue weighted by Gasteiger charge is -2.26. The van der Waals surface area contributed by atoms with Crippen LogP contribution in [0.25, 0.3) is 0 Å². The molecule has 5 heteroatoms. The zero-order valence-corrected chi connectivity index (χ0v) is 11.0. The topological polar surface area (TPSA) is 49.4 Å². The molecule has 2 rings (SSSR count). The molecule has 0 radical (unpaired) electrons. The van der Waals surface area contributed by atoms with E-state index in [0.29, 0.717) is 0 Å². The van der Waals surface area contributed by atoms with Gasteiger partial charge in [0.1, 0.15) is 5.82 Å². The van der Waals surface area contributed by atoms with E-state index in [0.717, 1.165) is 57.4 Å². The molecule has 100 valence electrons. The number of aromatic nitrogens is 1. The summed E-state index contributed by atoms with van der Waals surface area (Å²) >= 11 is 0. The molecule has 1 aromatic heterocycles. The van der Waals surface area contributed by atoms with E-state index < -0.39 is 0 Å². The smallest absolute Gasteiger partial charge is 0.126 e. The van der Waals surface area contributed by atoms with Crippen molar-refractivity contribution in [2.45, 2.75) is 6.92 Å². The molecule has 0 spiro atoms. The number of morpholine rings is 1. The third-order valence-electron chi connectivity index (χ3n) is 2.98. The van der Waals surface area contributed by atoms with Gasteiger partial charge in [-0.15, -0.1) is 0 Å². The highest BCUT2D eigenvalue weighted by molar-refractivity contribution is 5.47. The molecular weight excluding hydrogens is 228 g/mol. The maximum atomic E-state index is 5.32. The number of anilines is 2. The average Bonchev–Trinajstić information content (AvgIpc) is 2.42. The SMILES string of the molecule is CCNc1ccc(NCCN2CCOCC2)nc1. The summed E-state index contributed by atoms with van der Waals surface area (Å²) in [6.45, 7) is 8.75. The molecule has 0 saturated carbocycles. The third-order valence-corrected chi connectivity index (χ3v) is 2.98. The summed E-state index contributed by atoms with van der Waals surface area (Å²) in [4.78, 5) is 6.77. The monoisotopic (exact) mass is 250 g/mol. The number of hydrogen-bond acceptors (Lipinski definition) is 5. The van der Waals surface area contributed by atoms with Crippen molar-refractivity contribution in [1.29, 1.82) is 0 Å². The van der Waals surface area contributed by atoms with Crippen molar-refractivity contribution in [2.24, 2.45) is 0 Å². The van der Waals surface area contributed by atoms with Crippen LogP contribution in [0.15, 0.2) is 18.3 Å². The molecular formula is C13H22N4O. The maximum Gasteiger partial charge on any atom is 0.126 e. The fourth-order valence-electron chi connectivity index (χ4n) is 1.97. The normalized spacial score (nSPS) is 16.5. The predicted molar refractivity (Wildman–Crippen MR) is 74.1 cm³/mol. The van der Waals surface area contributed by atoms with Crippen molar-refractivity contribution in [3.8, 4) is 0 Å². The zero-order valence-electron chi connectivity index (χ0n) is 11.0. The Morgan fingerprint density at radius 1 is 1.28 bits per heavy atom. The van der Waals surface area contributed by atoms with E-state index in [2.05, 4.69) is 27.4 Å². The Morgan fingerprint density at radius 2 is 2.11 bits per heavy atom. The Morgan fingerprint density at radius 3 is 2.78 bits per heavy atom. The average molecular weight is 250 g/mol. The minimum absolute atomic E-state index is 0.857. The van der Waals surface area contributed by atoms with Gasteiger partial charge < -0.3 is 15.4 Å². The second kappa shape index (κ2) is 7.18. The van der Waals surface area contributed by atoms with Gasteiger partial charge in [0.15, 0.2) is 0 Å². The number of ether oxygens (including phenoxy) is 1. The summed E-state index contributed by atoms with van der Waals surface area (Å²) in [5, 5.41) is 6.57. The Kier molecular flexibility index (Phi) is 5.23. The number of nitrogens with one attached hydrogen (secondary N) is 2. The van der Waals surface area contributed by atoms with Crippen LogP contribution in [0, 0.1) is 0 Å². The molecule has 0 aliphatic carbocycles. The first-order chi connectivity index (χ1) is 8.88. The first-order valence-electron chi connectivity index (χ1n) is 6.62. The third kappa shape index (κ3) is 4.16. The molecule has 0 atom stereocenters. The van der Waals surface area contributed by atoms with Gasteiger partial charge in [0.25, 0.3) is 0 Å². The number of nitrogens with zero attached hydrogens (tertiary/aromatic N) is 2. The van der Waals surface area contributed by atoms with Crippen LogP contribution in [0.5, 0.6) is 0 Å². The van der Waals surface area contributed by atoms with Crippen molar-refractivity contribution >= 4 is 11.5 Å². The van der Waals surface area contributed by atoms with E-state index in [4.69, 9.17) is 4.74 Å². The van der Waals surface area contributed by atoms with Gasteiger partial charge in [0, 0.05) is 32.7 Å². The van der Waals surface area contributed by atoms with E-state index in [-0.39, 0.29) is 0 Å². The molecule has 1 aromatic rings. The van der Waals surface area contributed by atoms with Gasteiger partial charge in [-0.3, -0.25) is 4.90 Å². The van der Waals surface area contributed by atoms with E-state index in [1.54, 1.807) is 0 Å². The molecule has 0 amide bonds. The molecule has 2 N–H and O–H groups in total. The van der Waals surface area contributed by atoms with E-state index in [1.807, 2.05) is 18.3 Å². The van der Waals surface area contributed by atoms with Crippen LogP contribution in [-0.4, -0.2) is 55.8 Å². The summed E-state index contributed by atoms with van der Waals surface area (Å²) in [5.74, 6) is 0.935. The molecule has 1 aliphatic heterocycles. The molecule has 2 heterocycles. The van der Waals surface area contributed by atoms with Crippen LogP contribution in [0.2, 0.25) is 0 Å². The summed E-state index contributed by atoms with van der Waals surface area (Å²) in [6.07, 6.45) is 1.86. The van der Waals surface area contributed by atoms with Gasteiger partial charge in [-0.05, 0) is 19.1 Å². The molecule has 0 unspecified atom stereocenters. The first kappa shape index (κ1) is 13.1. The second-order valence-corrected chi connectivity index (χ2v) is 4.34. The van der Waals surface area contributed by atoms with Gasteiger partial charge in [0.05, 0.1) is 25.1 Å². The number of pyridine rings is 1. The quantitative estimate of drug-likeness (QED) is 0.796. The fourth-order valence-corrected chi connectivity index (χ4v) is 1.97. The van der Waals surface area contributed by atoms with Crippen molar-refractivity contribution < 1.29 is 4.74 Å². The second-order valence-electron chi connectivity index (χ2n) is 4.34. The highest BCUT2D eigenvalue weighted by Gasteiger charge is 2.09. The van der Waals surface area contributed by atoms with Crippen LogP contribution in [0.1, 0.15) is 6.92 Å². The maximum absolute atomic E-state index is 5.32. The predicted octanol–water partition coefficient (Wildman–Crippen LogP) is 1.26. The van der Waals surface area contributed by atoms with Crippen LogP contribution in [-0.2, 0) is 4.74 Å². The molecule has 18 heavy (non-hydrogen) atoms. The highest BCUT2D eigenvalue weighted by Crippen LogP contribution is 2.08. The largest absolute Gasteiger partial charge is 0.384 e. The van der Waals surface area contributed by atoms with E-state index in [9.17, 15) is 0 Å². The molecule has 0 aromatic carbocycles. The van der Waals surface area contributed by atoms with Crippen molar-refractivity contribution in [3.63, 3.8) is 0 Å².